The van der Waals surface area contributed by atoms with Gasteiger partial charge in [0.05, 0.1) is 6.20 Å². The van der Waals surface area contributed by atoms with Crippen LogP contribution in [0.15, 0.2) is 17.3 Å². The number of aryl methyl sites for hydroxylation is 1. The number of likely N-dealkylation sites (N-methyl/N-ethyl adjacent to an activating group) is 1. The maximum absolute atomic E-state index is 12.1. The minimum Gasteiger partial charge on any atom is -0.317 e. The van der Waals surface area contributed by atoms with Crippen molar-refractivity contribution in [2.45, 2.75) is 31.7 Å². The molecule has 0 atom stereocenters. The molecule has 0 spiro atoms. The molecular formula is C13H27N5O2S. The van der Waals surface area contributed by atoms with Crippen LogP contribution in [-0.4, -0.2) is 62.9 Å². The first-order valence-electron chi connectivity index (χ1n) is 7.41. The largest absolute Gasteiger partial charge is 0.317 e. The molecule has 1 aromatic rings. The van der Waals surface area contributed by atoms with Gasteiger partial charge < -0.3 is 10.2 Å². The number of sulfonamides is 1. The summed E-state index contributed by atoms with van der Waals surface area (Å²) in [6.07, 6.45) is 3.90. The van der Waals surface area contributed by atoms with E-state index in [1.165, 1.54) is 6.20 Å². The van der Waals surface area contributed by atoms with E-state index in [1.807, 2.05) is 18.9 Å². The average Bonchev–Trinajstić information content (AvgIpc) is 2.93. The number of rotatable bonds is 11. The van der Waals surface area contributed by atoms with Crippen LogP contribution in [0.1, 0.15) is 20.3 Å². The van der Waals surface area contributed by atoms with Gasteiger partial charge in [-0.15, -0.1) is 0 Å². The first-order valence-corrected chi connectivity index (χ1v) is 8.89. The van der Waals surface area contributed by atoms with E-state index in [9.17, 15) is 8.42 Å². The molecule has 0 amide bonds. The molecule has 0 aliphatic rings. The SMILES string of the molecule is CCNCCCn1cc(S(=O)(=O)NCCN(C)CC)cn1. The minimum absolute atomic E-state index is 0.227. The Bertz CT molecular complexity index is 500. The second-order valence-electron chi connectivity index (χ2n) is 4.94. The number of hydrogen-bond acceptors (Lipinski definition) is 5. The molecule has 122 valence electrons. The lowest BCUT2D eigenvalue weighted by Gasteiger charge is -2.13. The van der Waals surface area contributed by atoms with E-state index in [-0.39, 0.29) is 4.90 Å². The third-order valence-electron chi connectivity index (χ3n) is 3.24. The first-order chi connectivity index (χ1) is 9.99. The molecule has 0 radical (unpaired) electrons. The maximum atomic E-state index is 12.1. The van der Waals surface area contributed by atoms with E-state index in [0.717, 1.165) is 26.1 Å². The van der Waals surface area contributed by atoms with Gasteiger partial charge in [-0.1, -0.05) is 13.8 Å². The van der Waals surface area contributed by atoms with Crippen LogP contribution >= 0.6 is 0 Å². The number of nitrogens with one attached hydrogen (secondary N) is 2. The summed E-state index contributed by atoms with van der Waals surface area (Å²) in [5.41, 5.74) is 0. The molecule has 0 saturated heterocycles. The highest BCUT2D eigenvalue weighted by atomic mass is 32.2. The van der Waals surface area contributed by atoms with Gasteiger partial charge in [-0.25, -0.2) is 13.1 Å². The summed E-state index contributed by atoms with van der Waals surface area (Å²) in [5.74, 6) is 0. The Kier molecular flexibility index (Phi) is 7.87. The zero-order valence-corrected chi connectivity index (χ0v) is 14.0. The molecule has 1 rings (SSSR count). The molecule has 7 nitrogen and oxygen atoms in total. The molecule has 1 aromatic heterocycles. The molecule has 0 aliphatic carbocycles. The quantitative estimate of drug-likeness (QED) is 0.567. The molecule has 2 N–H and O–H groups in total. The van der Waals surface area contributed by atoms with Crippen LogP contribution in [0.5, 0.6) is 0 Å². The van der Waals surface area contributed by atoms with Gasteiger partial charge in [0.15, 0.2) is 0 Å². The Morgan fingerprint density at radius 2 is 2.10 bits per heavy atom. The topological polar surface area (TPSA) is 79.3 Å². The Hall–Kier alpha value is -0.960. The lowest BCUT2D eigenvalue weighted by molar-refractivity contribution is 0.358. The zero-order chi connectivity index (χ0) is 15.7. The Morgan fingerprint density at radius 3 is 2.76 bits per heavy atom. The summed E-state index contributed by atoms with van der Waals surface area (Å²) < 4.78 is 28.5. The summed E-state index contributed by atoms with van der Waals surface area (Å²) in [6, 6.07) is 0. The fourth-order valence-electron chi connectivity index (χ4n) is 1.76. The average molecular weight is 317 g/mol. The molecular weight excluding hydrogens is 290 g/mol. The second kappa shape index (κ2) is 9.14. The predicted octanol–water partition coefficient (Wildman–Crippen LogP) is 0.113. The summed E-state index contributed by atoms with van der Waals surface area (Å²) in [4.78, 5) is 2.28. The molecule has 0 aromatic carbocycles. The van der Waals surface area contributed by atoms with Gasteiger partial charge in [-0.05, 0) is 33.1 Å². The van der Waals surface area contributed by atoms with Crippen LogP contribution < -0.4 is 10.0 Å². The van der Waals surface area contributed by atoms with E-state index in [2.05, 4.69) is 22.1 Å². The van der Waals surface area contributed by atoms with Crippen LogP contribution in [0.25, 0.3) is 0 Å². The fourth-order valence-corrected chi connectivity index (χ4v) is 2.73. The highest BCUT2D eigenvalue weighted by Crippen LogP contribution is 2.06. The van der Waals surface area contributed by atoms with E-state index in [1.54, 1.807) is 10.9 Å². The van der Waals surface area contributed by atoms with E-state index >= 15 is 0 Å². The van der Waals surface area contributed by atoms with Crippen molar-refractivity contribution >= 4 is 10.0 Å². The van der Waals surface area contributed by atoms with Crippen molar-refractivity contribution in [3.8, 4) is 0 Å². The van der Waals surface area contributed by atoms with Crippen LogP contribution in [0, 0.1) is 0 Å². The monoisotopic (exact) mass is 317 g/mol. The van der Waals surface area contributed by atoms with Crippen LogP contribution in [-0.2, 0) is 16.6 Å². The van der Waals surface area contributed by atoms with Crippen molar-refractivity contribution in [3.05, 3.63) is 12.4 Å². The van der Waals surface area contributed by atoms with Gasteiger partial charge in [-0.3, -0.25) is 4.68 Å². The number of aromatic nitrogens is 2. The molecule has 0 aliphatic heterocycles. The standard InChI is InChI=1S/C13H27N5O2S/c1-4-14-7-6-9-18-12-13(11-15-18)21(19,20)16-8-10-17(3)5-2/h11-12,14,16H,4-10H2,1-3H3. The van der Waals surface area contributed by atoms with Crippen LogP contribution in [0.2, 0.25) is 0 Å². The second-order valence-corrected chi connectivity index (χ2v) is 6.71. The summed E-state index contributed by atoms with van der Waals surface area (Å²) in [7, 11) is -1.50. The van der Waals surface area contributed by atoms with Gasteiger partial charge in [0.25, 0.3) is 0 Å². The van der Waals surface area contributed by atoms with Crippen molar-refractivity contribution in [1.82, 2.24) is 24.7 Å². The number of hydrogen-bond donors (Lipinski definition) is 2. The fraction of sp³-hybridized carbons (Fsp3) is 0.769. The highest BCUT2D eigenvalue weighted by molar-refractivity contribution is 7.89. The van der Waals surface area contributed by atoms with Crippen molar-refractivity contribution in [2.24, 2.45) is 0 Å². The van der Waals surface area contributed by atoms with Crippen molar-refractivity contribution in [1.29, 1.82) is 0 Å². The minimum atomic E-state index is -3.45. The van der Waals surface area contributed by atoms with Crippen LogP contribution in [0.3, 0.4) is 0 Å². The van der Waals surface area contributed by atoms with E-state index in [0.29, 0.717) is 19.6 Å². The Balaban J connectivity index is 2.46. The summed E-state index contributed by atoms with van der Waals surface area (Å²) in [6.45, 7) is 8.62. The Labute approximate surface area is 127 Å². The third kappa shape index (κ3) is 6.56. The van der Waals surface area contributed by atoms with Crippen molar-refractivity contribution < 1.29 is 8.42 Å². The lowest BCUT2D eigenvalue weighted by Crippen LogP contribution is -2.32. The van der Waals surface area contributed by atoms with E-state index in [4.69, 9.17) is 0 Å². The van der Waals surface area contributed by atoms with Crippen molar-refractivity contribution in [2.75, 3.05) is 39.8 Å². The van der Waals surface area contributed by atoms with Gasteiger partial charge in [0.1, 0.15) is 4.90 Å². The molecule has 0 fully saturated rings. The van der Waals surface area contributed by atoms with Gasteiger partial charge in [0.2, 0.25) is 10.0 Å². The molecule has 21 heavy (non-hydrogen) atoms. The molecule has 1 heterocycles. The van der Waals surface area contributed by atoms with Gasteiger partial charge in [-0.2, -0.15) is 5.10 Å². The first kappa shape index (κ1) is 18.1. The molecule has 0 saturated carbocycles. The van der Waals surface area contributed by atoms with E-state index < -0.39 is 10.0 Å². The predicted molar refractivity (Wildman–Crippen MR) is 83.7 cm³/mol. The normalized spacial score (nSPS) is 12.2. The molecule has 0 unspecified atom stereocenters. The smallest absolute Gasteiger partial charge is 0.243 e. The maximum Gasteiger partial charge on any atom is 0.243 e. The third-order valence-corrected chi connectivity index (χ3v) is 4.65. The Morgan fingerprint density at radius 1 is 1.33 bits per heavy atom. The van der Waals surface area contributed by atoms with Gasteiger partial charge in [0, 0.05) is 25.8 Å². The summed E-state index contributed by atoms with van der Waals surface area (Å²) >= 11 is 0. The zero-order valence-electron chi connectivity index (χ0n) is 13.2. The van der Waals surface area contributed by atoms with Crippen molar-refractivity contribution in [3.63, 3.8) is 0 Å². The number of nitrogens with zero attached hydrogens (tertiary/aromatic N) is 3. The summed E-state index contributed by atoms with van der Waals surface area (Å²) in [5, 5.41) is 7.32. The highest BCUT2D eigenvalue weighted by Gasteiger charge is 2.15. The molecule has 8 heteroatoms. The molecule has 0 bridgehead atoms. The van der Waals surface area contributed by atoms with Gasteiger partial charge >= 0.3 is 0 Å². The van der Waals surface area contributed by atoms with Crippen LogP contribution in [0.4, 0.5) is 0 Å². The lowest BCUT2D eigenvalue weighted by atomic mass is 10.4.